The predicted molar refractivity (Wildman–Crippen MR) is 146 cm³/mol. The molecular formula is C28H25Cl2FN4O2. The molecule has 2 amide bonds. The lowest BCUT2D eigenvalue weighted by atomic mass is 10.0. The molecule has 4 aromatic rings. The van der Waals surface area contributed by atoms with Crippen molar-refractivity contribution in [2.75, 3.05) is 0 Å². The van der Waals surface area contributed by atoms with E-state index in [-0.39, 0.29) is 16.8 Å². The van der Waals surface area contributed by atoms with Gasteiger partial charge in [-0.25, -0.2) is 9.82 Å². The highest BCUT2D eigenvalue weighted by atomic mass is 35.5. The highest BCUT2D eigenvalue weighted by Gasteiger charge is 2.25. The van der Waals surface area contributed by atoms with Crippen LogP contribution in [0.1, 0.15) is 35.3 Å². The minimum Gasteiger partial charge on any atom is -0.342 e. The molecule has 37 heavy (non-hydrogen) atoms. The van der Waals surface area contributed by atoms with Crippen molar-refractivity contribution in [2.45, 2.75) is 26.4 Å². The lowest BCUT2D eigenvalue weighted by molar-refractivity contribution is -0.123. The molecule has 2 N–H and O–H groups in total. The minimum absolute atomic E-state index is 0.204. The van der Waals surface area contributed by atoms with Crippen LogP contribution in [-0.2, 0) is 11.3 Å². The molecule has 1 aromatic heterocycles. The maximum Gasteiger partial charge on any atom is 0.262 e. The number of fused-ring (bicyclic) bond motifs is 1. The smallest absolute Gasteiger partial charge is 0.262 e. The lowest BCUT2D eigenvalue weighted by Crippen LogP contribution is -2.48. The molecule has 4 rings (SSSR count). The van der Waals surface area contributed by atoms with Crippen LogP contribution < -0.4 is 10.7 Å². The summed E-state index contributed by atoms with van der Waals surface area (Å²) in [7, 11) is 0. The second-order valence-corrected chi connectivity index (χ2v) is 9.69. The molecule has 6 nitrogen and oxygen atoms in total. The van der Waals surface area contributed by atoms with Crippen LogP contribution in [0.4, 0.5) is 4.39 Å². The highest BCUT2D eigenvalue weighted by Crippen LogP contribution is 2.23. The fourth-order valence-corrected chi connectivity index (χ4v) is 4.25. The maximum atomic E-state index is 14.2. The van der Waals surface area contributed by atoms with Crippen LogP contribution in [0.2, 0.25) is 10.0 Å². The number of hydrazone groups is 1. The third-order valence-corrected chi connectivity index (χ3v) is 6.65. The predicted octanol–water partition coefficient (Wildman–Crippen LogP) is 6.04. The van der Waals surface area contributed by atoms with Crippen LogP contribution in [-0.4, -0.2) is 28.6 Å². The molecule has 0 radical (unpaired) electrons. The van der Waals surface area contributed by atoms with E-state index in [1.54, 1.807) is 18.2 Å². The summed E-state index contributed by atoms with van der Waals surface area (Å²) in [5.41, 5.74) is 5.05. The number of carbonyl (C=O) groups excluding carboxylic acids is 2. The van der Waals surface area contributed by atoms with E-state index in [0.29, 0.717) is 22.7 Å². The Morgan fingerprint density at radius 1 is 1.03 bits per heavy atom. The highest BCUT2D eigenvalue weighted by molar-refractivity contribution is 6.42. The summed E-state index contributed by atoms with van der Waals surface area (Å²) < 4.78 is 16.2. The van der Waals surface area contributed by atoms with Crippen LogP contribution >= 0.6 is 23.2 Å². The van der Waals surface area contributed by atoms with Crippen LogP contribution in [0.3, 0.4) is 0 Å². The minimum atomic E-state index is -0.832. The van der Waals surface area contributed by atoms with Crippen LogP contribution in [0.25, 0.3) is 10.9 Å². The topological polar surface area (TPSA) is 75.5 Å². The molecule has 0 aliphatic heterocycles. The van der Waals surface area contributed by atoms with Gasteiger partial charge in [0.15, 0.2) is 0 Å². The number of benzene rings is 3. The summed E-state index contributed by atoms with van der Waals surface area (Å²) in [6, 6.07) is 18.0. The van der Waals surface area contributed by atoms with Gasteiger partial charge in [-0.05, 0) is 36.2 Å². The van der Waals surface area contributed by atoms with Gasteiger partial charge in [-0.15, -0.1) is 0 Å². The molecule has 0 saturated carbocycles. The van der Waals surface area contributed by atoms with E-state index in [1.165, 1.54) is 30.5 Å². The van der Waals surface area contributed by atoms with Crippen molar-refractivity contribution in [2.24, 2.45) is 11.0 Å². The number of halogens is 3. The van der Waals surface area contributed by atoms with Crippen LogP contribution in [0.5, 0.6) is 0 Å². The van der Waals surface area contributed by atoms with Gasteiger partial charge in [-0.2, -0.15) is 5.10 Å². The molecule has 1 unspecified atom stereocenters. The van der Waals surface area contributed by atoms with Crippen LogP contribution in [0, 0.1) is 11.7 Å². The fraction of sp³-hybridized carbons (Fsp3) is 0.179. The van der Waals surface area contributed by atoms with Gasteiger partial charge in [0.1, 0.15) is 11.9 Å². The van der Waals surface area contributed by atoms with Crippen molar-refractivity contribution >= 4 is 52.1 Å². The Bertz CT molecular complexity index is 1480. The maximum absolute atomic E-state index is 14.2. The molecule has 190 valence electrons. The first-order valence-electron chi connectivity index (χ1n) is 11.6. The monoisotopic (exact) mass is 538 g/mol. The third kappa shape index (κ3) is 6.18. The van der Waals surface area contributed by atoms with Crippen molar-refractivity contribution in [1.29, 1.82) is 0 Å². The Morgan fingerprint density at radius 3 is 2.49 bits per heavy atom. The summed E-state index contributed by atoms with van der Waals surface area (Å²) in [5.74, 6) is -1.39. The number of hydrogen-bond acceptors (Lipinski definition) is 3. The van der Waals surface area contributed by atoms with E-state index in [1.807, 2.05) is 48.9 Å². The molecule has 1 atom stereocenters. The Morgan fingerprint density at radius 2 is 1.76 bits per heavy atom. The van der Waals surface area contributed by atoms with Gasteiger partial charge in [0.05, 0.1) is 22.8 Å². The van der Waals surface area contributed by atoms with Gasteiger partial charge in [0.2, 0.25) is 0 Å². The van der Waals surface area contributed by atoms with Crippen molar-refractivity contribution in [1.82, 2.24) is 15.3 Å². The molecule has 0 fully saturated rings. The number of carbonyl (C=O) groups is 2. The molecule has 0 spiro atoms. The Hall–Kier alpha value is -3.68. The average molecular weight is 539 g/mol. The van der Waals surface area contributed by atoms with Crippen molar-refractivity contribution in [3.8, 4) is 0 Å². The van der Waals surface area contributed by atoms with Crippen molar-refractivity contribution in [3.63, 3.8) is 0 Å². The molecular weight excluding hydrogens is 514 g/mol. The van der Waals surface area contributed by atoms with E-state index in [2.05, 4.69) is 15.8 Å². The molecule has 0 bridgehead atoms. The second-order valence-electron chi connectivity index (χ2n) is 8.88. The van der Waals surface area contributed by atoms with Gasteiger partial charge >= 0.3 is 0 Å². The molecule has 9 heteroatoms. The molecule has 0 saturated heterocycles. The Labute approximate surface area is 224 Å². The zero-order valence-electron chi connectivity index (χ0n) is 20.2. The van der Waals surface area contributed by atoms with Crippen molar-refractivity contribution in [3.05, 3.63) is 105 Å². The zero-order valence-corrected chi connectivity index (χ0v) is 21.7. The number of rotatable bonds is 8. The van der Waals surface area contributed by atoms with Crippen LogP contribution in [0.15, 0.2) is 78.0 Å². The number of para-hydroxylation sites is 1. The quantitative estimate of drug-likeness (QED) is 0.212. The summed E-state index contributed by atoms with van der Waals surface area (Å²) >= 11 is 11.9. The molecule has 0 aliphatic rings. The number of amides is 2. The summed E-state index contributed by atoms with van der Waals surface area (Å²) in [4.78, 5) is 25.6. The largest absolute Gasteiger partial charge is 0.342 e. The average Bonchev–Trinajstić information content (AvgIpc) is 3.22. The van der Waals surface area contributed by atoms with Gasteiger partial charge in [-0.1, -0.05) is 73.4 Å². The molecule has 1 heterocycles. The van der Waals surface area contributed by atoms with Gasteiger partial charge in [-0.3, -0.25) is 9.59 Å². The first-order valence-corrected chi connectivity index (χ1v) is 12.4. The van der Waals surface area contributed by atoms with E-state index >= 15 is 0 Å². The van der Waals surface area contributed by atoms with Gasteiger partial charge in [0, 0.05) is 33.8 Å². The second kappa shape index (κ2) is 11.6. The van der Waals surface area contributed by atoms with E-state index in [0.717, 1.165) is 16.5 Å². The molecule has 3 aromatic carbocycles. The Kier molecular flexibility index (Phi) is 8.26. The summed E-state index contributed by atoms with van der Waals surface area (Å²) in [5, 5.41) is 8.36. The number of nitrogens with zero attached hydrogens (tertiary/aromatic N) is 2. The summed E-state index contributed by atoms with van der Waals surface area (Å²) in [6.45, 7) is 3.99. The number of nitrogens with one attached hydrogen (secondary N) is 2. The van der Waals surface area contributed by atoms with Gasteiger partial charge < -0.3 is 9.88 Å². The standard InChI is InChI=1S/C28H25Cl2FN4O2/c1-17(2)26(33-27(36)18-11-12-22(29)23(30)13-18)28(37)34-32-14-20-16-35(25-10-6-4-8-21(20)25)15-19-7-3-5-9-24(19)31/h3-14,16-17,26H,15H2,1-2H3,(H,33,36)(H,34,37). The van der Waals surface area contributed by atoms with E-state index < -0.39 is 17.9 Å². The molecule has 0 aliphatic carbocycles. The SMILES string of the molecule is CC(C)C(NC(=O)c1ccc(Cl)c(Cl)c1)C(=O)NN=Cc1cn(Cc2ccccc2F)c2ccccc12. The van der Waals surface area contributed by atoms with E-state index in [4.69, 9.17) is 23.2 Å². The van der Waals surface area contributed by atoms with Crippen molar-refractivity contribution < 1.29 is 14.0 Å². The Balaban J connectivity index is 1.49. The third-order valence-electron chi connectivity index (χ3n) is 5.91. The first kappa shape index (κ1) is 26.4. The lowest BCUT2D eigenvalue weighted by Gasteiger charge is -2.20. The van der Waals surface area contributed by atoms with Gasteiger partial charge in [0.25, 0.3) is 11.8 Å². The fourth-order valence-electron chi connectivity index (χ4n) is 3.95. The number of hydrogen-bond donors (Lipinski definition) is 2. The normalized spacial score (nSPS) is 12.3. The first-order chi connectivity index (χ1) is 17.7. The number of aromatic nitrogens is 1. The summed E-state index contributed by atoms with van der Waals surface area (Å²) in [6.07, 6.45) is 3.40. The zero-order chi connectivity index (χ0) is 26.5. The van der Waals surface area contributed by atoms with E-state index in [9.17, 15) is 14.0 Å².